The maximum atomic E-state index is 2.26. The molecule has 0 saturated heterocycles. The molecule has 0 N–H and O–H groups in total. The van der Waals surface area contributed by atoms with Crippen molar-refractivity contribution in [1.82, 2.24) is 0 Å². The van der Waals surface area contributed by atoms with Crippen LogP contribution in [0.4, 0.5) is 0 Å². The van der Waals surface area contributed by atoms with E-state index in [0.717, 1.165) is 19.3 Å². The van der Waals surface area contributed by atoms with E-state index in [4.69, 9.17) is 0 Å². The Kier molecular flexibility index (Phi) is 12.1. The van der Waals surface area contributed by atoms with Crippen LogP contribution in [0.2, 0.25) is 0 Å². The van der Waals surface area contributed by atoms with Gasteiger partial charge < -0.3 is 0 Å². The molecule has 0 atom stereocenters. The van der Waals surface area contributed by atoms with E-state index >= 15 is 0 Å². The summed E-state index contributed by atoms with van der Waals surface area (Å²) in [6.45, 7) is 4.26. The van der Waals surface area contributed by atoms with Gasteiger partial charge in [0.1, 0.15) is 0 Å². The van der Waals surface area contributed by atoms with Gasteiger partial charge in [0.2, 0.25) is 0 Å². The van der Waals surface area contributed by atoms with Gasteiger partial charge in [0, 0.05) is 0 Å². The zero-order valence-electron chi connectivity index (χ0n) is 10.2. The minimum atomic E-state index is 1.05. The molecule has 0 amide bonds. The Morgan fingerprint density at radius 3 is 1.60 bits per heavy atom. The normalized spacial score (nSPS) is 12.9. The Morgan fingerprint density at radius 2 is 1.13 bits per heavy atom. The fourth-order valence-corrected chi connectivity index (χ4v) is 1.14. The predicted molar refractivity (Wildman–Crippen MR) is 71.0 cm³/mol. The van der Waals surface area contributed by atoms with Crippen LogP contribution in [0.25, 0.3) is 0 Å². The zero-order chi connectivity index (χ0) is 11.2. The molecule has 0 heterocycles. The van der Waals surface area contributed by atoms with E-state index in [0.29, 0.717) is 0 Å². The van der Waals surface area contributed by atoms with Crippen molar-refractivity contribution in [3.8, 4) is 0 Å². The van der Waals surface area contributed by atoms with Crippen LogP contribution in [0.1, 0.15) is 46.0 Å². The van der Waals surface area contributed by atoms with Gasteiger partial charge in [-0.2, -0.15) is 0 Å². The number of rotatable bonds is 8. The molecule has 0 aliphatic rings. The molecule has 0 saturated carbocycles. The average molecular weight is 204 g/mol. The summed E-state index contributed by atoms with van der Waals surface area (Å²) in [7, 11) is 0. The zero-order valence-corrected chi connectivity index (χ0v) is 10.2. The van der Waals surface area contributed by atoms with Crippen LogP contribution >= 0.6 is 0 Å². The van der Waals surface area contributed by atoms with Crippen molar-refractivity contribution in [3.63, 3.8) is 0 Å². The molecule has 0 aromatic heterocycles. The molecule has 0 nitrogen and oxygen atoms in total. The molecular formula is C15H24. The van der Waals surface area contributed by atoms with E-state index < -0.39 is 0 Å². The highest BCUT2D eigenvalue weighted by atomic mass is 13.8. The van der Waals surface area contributed by atoms with Crippen LogP contribution in [0.5, 0.6) is 0 Å². The van der Waals surface area contributed by atoms with Crippen LogP contribution in [-0.2, 0) is 0 Å². The third-order valence-electron chi connectivity index (χ3n) is 2.01. The molecule has 0 aliphatic heterocycles. The van der Waals surface area contributed by atoms with Gasteiger partial charge in [0.05, 0.1) is 0 Å². The summed E-state index contributed by atoms with van der Waals surface area (Å²) in [5, 5.41) is 0. The van der Waals surface area contributed by atoms with E-state index in [2.05, 4.69) is 62.5 Å². The average Bonchev–Trinajstić information content (AvgIpc) is 2.26. The second-order valence-corrected chi connectivity index (χ2v) is 3.48. The second kappa shape index (κ2) is 13.0. The maximum Gasteiger partial charge on any atom is -0.0169 e. The first-order valence-electron chi connectivity index (χ1n) is 5.98. The minimum Gasteiger partial charge on any atom is -0.0914 e. The highest BCUT2D eigenvalue weighted by Gasteiger charge is 1.74. The maximum absolute atomic E-state index is 2.26. The summed E-state index contributed by atoms with van der Waals surface area (Å²) in [6, 6.07) is 0. The molecule has 0 aromatic rings. The molecule has 0 spiro atoms. The lowest BCUT2D eigenvalue weighted by Gasteiger charge is -1.85. The van der Waals surface area contributed by atoms with E-state index in [1.54, 1.807) is 0 Å². The third kappa shape index (κ3) is 13.0. The second-order valence-electron chi connectivity index (χ2n) is 3.48. The van der Waals surface area contributed by atoms with Crippen LogP contribution in [0, 0.1) is 0 Å². The number of unbranched alkanes of at least 4 members (excludes halogenated alkanes) is 1. The number of allylic oxidation sites excluding steroid dienone is 8. The van der Waals surface area contributed by atoms with Crippen molar-refractivity contribution in [2.75, 3.05) is 0 Å². The van der Waals surface area contributed by atoms with Gasteiger partial charge in [-0.25, -0.2) is 0 Å². The first kappa shape index (κ1) is 14.0. The van der Waals surface area contributed by atoms with Gasteiger partial charge in [-0.15, -0.1) is 0 Å². The van der Waals surface area contributed by atoms with E-state index in [9.17, 15) is 0 Å². The Morgan fingerprint density at radius 1 is 0.667 bits per heavy atom. The predicted octanol–water partition coefficient (Wildman–Crippen LogP) is 5.20. The summed E-state index contributed by atoms with van der Waals surface area (Å²) < 4.78 is 0. The smallest absolute Gasteiger partial charge is 0.0169 e. The molecule has 0 fully saturated rings. The highest BCUT2D eigenvalue weighted by molar-refractivity contribution is 4.98. The fraction of sp³-hybridized carbons (Fsp3) is 0.467. The van der Waals surface area contributed by atoms with Crippen LogP contribution < -0.4 is 0 Å². The van der Waals surface area contributed by atoms with Crippen molar-refractivity contribution in [1.29, 1.82) is 0 Å². The number of hydrogen-bond acceptors (Lipinski definition) is 0. The molecule has 15 heavy (non-hydrogen) atoms. The quantitative estimate of drug-likeness (QED) is 0.477. The summed E-state index contributed by atoms with van der Waals surface area (Å²) in [4.78, 5) is 0. The molecule has 0 aromatic carbocycles. The molecule has 0 bridgehead atoms. The lowest BCUT2D eigenvalue weighted by Crippen LogP contribution is -1.64. The molecule has 84 valence electrons. The molecule has 0 heteroatoms. The largest absolute Gasteiger partial charge is 0.0914 e. The van der Waals surface area contributed by atoms with Crippen molar-refractivity contribution in [2.45, 2.75) is 46.0 Å². The molecule has 0 unspecified atom stereocenters. The minimum absolute atomic E-state index is 1.05. The lowest BCUT2D eigenvalue weighted by atomic mass is 10.2. The standard InChI is InChI=1S/C15H24/c1-3-5-7-9-11-13-15-14-12-10-8-6-4-2/h3,5,8-11,14-15H,4,6-7,12-13H2,1-2H3/b5-3-,10-8-,11-9-,15-14-. The highest BCUT2D eigenvalue weighted by Crippen LogP contribution is 1.95. The third-order valence-corrected chi connectivity index (χ3v) is 2.01. The summed E-state index contributed by atoms with van der Waals surface area (Å²) in [5.41, 5.74) is 0. The summed E-state index contributed by atoms with van der Waals surface area (Å²) in [5.74, 6) is 0. The molecule has 0 radical (unpaired) electrons. The molecule has 0 rings (SSSR count). The topological polar surface area (TPSA) is 0 Å². The Labute approximate surface area is 95.1 Å². The first-order chi connectivity index (χ1) is 7.41. The van der Waals surface area contributed by atoms with Crippen LogP contribution in [0.15, 0.2) is 48.6 Å². The van der Waals surface area contributed by atoms with Gasteiger partial charge in [0.25, 0.3) is 0 Å². The van der Waals surface area contributed by atoms with Gasteiger partial charge in [0.15, 0.2) is 0 Å². The lowest BCUT2D eigenvalue weighted by molar-refractivity contribution is 0.954. The van der Waals surface area contributed by atoms with Gasteiger partial charge in [-0.3, -0.25) is 0 Å². The Bertz CT molecular complexity index is 216. The van der Waals surface area contributed by atoms with Crippen molar-refractivity contribution in [2.24, 2.45) is 0 Å². The Balaban J connectivity index is 3.34. The SMILES string of the molecule is C/C=C\C/C=C\C/C=C\C/C=C\CCC. The van der Waals surface area contributed by atoms with Gasteiger partial charge in [-0.1, -0.05) is 62.0 Å². The van der Waals surface area contributed by atoms with Crippen molar-refractivity contribution in [3.05, 3.63) is 48.6 Å². The summed E-state index contributed by atoms with van der Waals surface area (Å²) >= 11 is 0. The van der Waals surface area contributed by atoms with Crippen LogP contribution in [-0.4, -0.2) is 0 Å². The van der Waals surface area contributed by atoms with E-state index in [-0.39, 0.29) is 0 Å². The van der Waals surface area contributed by atoms with Crippen molar-refractivity contribution >= 4 is 0 Å². The van der Waals surface area contributed by atoms with Gasteiger partial charge in [-0.05, 0) is 32.6 Å². The first-order valence-corrected chi connectivity index (χ1v) is 5.98. The number of hydrogen-bond donors (Lipinski definition) is 0. The fourth-order valence-electron chi connectivity index (χ4n) is 1.14. The van der Waals surface area contributed by atoms with Crippen LogP contribution in [0.3, 0.4) is 0 Å². The monoisotopic (exact) mass is 204 g/mol. The van der Waals surface area contributed by atoms with Gasteiger partial charge >= 0.3 is 0 Å². The molecule has 0 aliphatic carbocycles. The van der Waals surface area contributed by atoms with E-state index in [1.165, 1.54) is 12.8 Å². The molecular weight excluding hydrogens is 180 g/mol. The van der Waals surface area contributed by atoms with Crippen molar-refractivity contribution < 1.29 is 0 Å². The Hall–Kier alpha value is -1.04. The van der Waals surface area contributed by atoms with E-state index in [1.807, 2.05) is 0 Å². The summed E-state index contributed by atoms with van der Waals surface area (Å²) in [6.07, 6.45) is 23.2.